The van der Waals surface area contributed by atoms with Gasteiger partial charge >= 0.3 is 0 Å². The van der Waals surface area contributed by atoms with Gasteiger partial charge in [0, 0.05) is 13.2 Å². The molecule has 0 aromatic heterocycles. The Balaban J connectivity index is 2.98. The Hall–Kier alpha value is -0.280. The van der Waals surface area contributed by atoms with Crippen molar-refractivity contribution in [3.63, 3.8) is 0 Å². The van der Waals surface area contributed by atoms with E-state index in [1.54, 1.807) is 0 Å². The number of rotatable bonds is 28. The molecular formula is C24H51NO6. The Labute approximate surface area is 191 Å². The summed E-state index contributed by atoms with van der Waals surface area (Å²) in [5.74, 6) is 0. The molecule has 7 nitrogen and oxygen atoms in total. The van der Waals surface area contributed by atoms with E-state index in [-0.39, 0.29) is 0 Å². The number of hydrogen-bond acceptors (Lipinski definition) is 7. The van der Waals surface area contributed by atoms with Crippen molar-refractivity contribution in [1.29, 1.82) is 0 Å². The predicted octanol–water partition coefficient (Wildman–Crippen LogP) is 3.97. The second-order valence-corrected chi connectivity index (χ2v) is 7.64. The molecule has 0 heterocycles. The van der Waals surface area contributed by atoms with Crippen molar-refractivity contribution in [3.8, 4) is 0 Å². The Morgan fingerprint density at radius 3 is 1.00 bits per heavy atom. The van der Waals surface area contributed by atoms with Crippen molar-refractivity contribution >= 4 is 0 Å². The van der Waals surface area contributed by atoms with Gasteiger partial charge in [0.25, 0.3) is 0 Å². The first-order valence-electron chi connectivity index (χ1n) is 12.6. The van der Waals surface area contributed by atoms with Crippen molar-refractivity contribution in [1.82, 2.24) is 0 Å². The molecule has 0 aromatic rings. The summed E-state index contributed by atoms with van der Waals surface area (Å²) in [4.78, 5) is 0. The van der Waals surface area contributed by atoms with Crippen LogP contribution in [0.15, 0.2) is 0 Å². The molecule has 188 valence electrons. The van der Waals surface area contributed by atoms with Crippen molar-refractivity contribution in [2.45, 2.75) is 71.1 Å². The quantitative estimate of drug-likeness (QED) is 0.181. The van der Waals surface area contributed by atoms with Gasteiger partial charge in [-0.2, -0.15) is 0 Å². The molecule has 0 unspecified atom stereocenters. The van der Waals surface area contributed by atoms with Crippen LogP contribution in [0.2, 0.25) is 0 Å². The second kappa shape index (κ2) is 29.7. The fourth-order valence-electron chi connectivity index (χ4n) is 2.98. The average molecular weight is 450 g/mol. The van der Waals surface area contributed by atoms with E-state index < -0.39 is 0 Å². The molecule has 0 aliphatic heterocycles. The molecule has 31 heavy (non-hydrogen) atoms. The zero-order valence-corrected chi connectivity index (χ0v) is 20.3. The second-order valence-electron chi connectivity index (χ2n) is 7.64. The Morgan fingerprint density at radius 1 is 0.355 bits per heavy atom. The molecule has 0 amide bonds. The normalized spacial score (nSPS) is 11.4. The first-order chi connectivity index (χ1) is 15.4. The molecule has 2 N–H and O–H groups in total. The monoisotopic (exact) mass is 449 g/mol. The summed E-state index contributed by atoms with van der Waals surface area (Å²) in [6.45, 7) is 10.1. The smallest absolute Gasteiger partial charge is 0.0701 e. The maximum atomic E-state index is 5.61. The Bertz CT molecular complexity index is 282. The maximum Gasteiger partial charge on any atom is 0.0701 e. The summed E-state index contributed by atoms with van der Waals surface area (Å²) in [5.41, 5.74) is 5.32. The first-order valence-corrected chi connectivity index (χ1v) is 12.6. The van der Waals surface area contributed by atoms with Gasteiger partial charge in [0.15, 0.2) is 0 Å². The Morgan fingerprint density at radius 2 is 0.645 bits per heavy atom. The number of nitrogens with two attached hydrogens (primary N) is 1. The highest BCUT2D eigenvalue weighted by Crippen LogP contribution is 2.10. The molecule has 0 spiro atoms. The molecule has 0 bridgehead atoms. The van der Waals surface area contributed by atoms with Crippen LogP contribution in [0.3, 0.4) is 0 Å². The van der Waals surface area contributed by atoms with Crippen LogP contribution in [-0.4, -0.2) is 85.8 Å². The molecule has 0 radical (unpaired) electrons. The van der Waals surface area contributed by atoms with Crippen molar-refractivity contribution < 1.29 is 28.4 Å². The van der Waals surface area contributed by atoms with E-state index in [4.69, 9.17) is 34.2 Å². The van der Waals surface area contributed by atoms with Gasteiger partial charge < -0.3 is 34.2 Å². The van der Waals surface area contributed by atoms with Gasteiger partial charge in [-0.05, 0) is 6.42 Å². The van der Waals surface area contributed by atoms with E-state index in [9.17, 15) is 0 Å². The molecule has 0 aliphatic carbocycles. The zero-order valence-electron chi connectivity index (χ0n) is 20.3. The largest absolute Gasteiger partial charge is 0.379 e. The third-order valence-corrected chi connectivity index (χ3v) is 4.76. The molecule has 0 rings (SSSR count). The molecule has 0 aliphatic rings. The summed E-state index contributed by atoms with van der Waals surface area (Å²) >= 11 is 0. The Kier molecular flexibility index (Phi) is 29.5. The number of hydrogen-bond donors (Lipinski definition) is 1. The zero-order chi connectivity index (χ0) is 22.5. The van der Waals surface area contributed by atoms with E-state index in [2.05, 4.69) is 6.92 Å². The maximum absolute atomic E-state index is 5.61. The summed E-state index contributed by atoms with van der Waals surface area (Å²) in [7, 11) is 0. The minimum Gasteiger partial charge on any atom is -0.379 e. The first kappa shape index (κ1) is 30.7. The summed E-state index contributed by atoms with van der Waals surface area (Å²) in [5, 5.41) is 0. The van der Waals surface area contributed by atoms with Crippen molar-refractivity contribution in [3.05, 3.63) is 0 Å². The lowest BCUT2D eigenvalue weighted by molar-refractivity contribution is -0.0165. The van der Waals surface area contributed by atoms with Gasteiger partial charge in [-0.1, -0.05) is 64.7 Å². The van der Waals surface area contributed by atoms with Crippen LogP contribution >= 0.6 is 0 Å². The van der Waals surface area contributed by atoms with E-state index in [1.807, 2.05) is 0 Å². The fourth-order valence-corrected chi connectivity index (χ4v) is 2.98. The van der Waals surface area contributed by atoms with Gasteiger partial charge in [0.1, 0.15) is 0 Å². The van der Waals surface area contributed by atoms with Gasteiger partial charge in [-0.25, -0.2) is 0 Å². The minimum absolute atomic E-state index is 0.543. The highest BCUT2D eigenvalue weighted by Gasteiger charge is 1.95. The van der Waals surface area contributed by atoms with Crippen LogP contribution in [0.25, 0.3) is 0 Å². The topological polar surface area (TPSA) is 81.4 Å². The third kappa shape index (κ3) is 29.7. The lowest BCUT2D eigenvalue weighted by Gasteiger charge is -2.08. The van der Waals surface area contributed by atoms with E-state index in [1.165, 1.54) is 57.8 Å². The lowest BCUT2D eigenvalue weighted by Crippen LogP contribution is -2.15. The van der Waals surface area contributed by atoms with Crippen LogP contribution in [0.1, 0.15) is 71.1 Å². The van der Waals surface area contributed by atoms with Gasteiger partial charge in [-0.15, -0.1) is 0 Å². The summed E-state index contributed by atoms with van der Waals surface area (Å²) in [6.07, 6.45) is 13.5. The lowest BCUT2D eigenvalue weighted by atomic mass is 10.1. The standard InChI is InChI=1S/C24H51NO6/c1-2-3-4-5-6-7-8-9-10-11-13-26-15-17-28-19-21-30-23-24-31-22-20-29-18-16-27-14-12-25/h2-25H2,1H3. The predicted molar refractivity (Wildman–Crippen MR) is 126 cm³/mol. The van der Waals surface area contributed by atoms with Crippen LogP contribution in [0.4, 0.5) is 0 Å². The van der Waals surface area contributed by atoms with Crippen molar-refractivity contribution in [2.75, 3.05) is 85.8 Å². The minimum atomic E-state index is 0.543. The molecule has 7 heteroatoms. The van der Waals surface area contributed by atoms with Crippen LogP contribution < -0.4 is 5.73 Å². The molecule has 0 saturated carbocycles. The fraction of sp³-hybridized carbons (Fsp3) is 1.00. The SMILES string of the molecule is CCCCCCCCCCCCOCCOCCOCCOCCOCCOCCN. The number of unbranched alkanes of at least 4 members (excludes halogenated alkanes) is 9. The van der Waals surface area contributed by atoms with E-state index >= 15 is 0 Å². The van der Waals surface area contributed by atoms with Gasteiger partial charge in [-0.3, -0.25) is 0 Å². The van der Waals surface area contributed by atoms with E-state index in [0.717, 1.165) is 13.0 Å². The van der Waals surface area contributed by atoms with Gasteiger partial charge in [0.05, 0.1) is 72.7 Å². The summed E-state index contributed by atoms with van der Waals surface area (Å²) < 4.78 is 32.6. The van der Waals surface area contributed by atoms with Crippen LogP contribution in [0.5, 0.6) is 0 Å². The molecule has 0 atom stereocenters. The average Bonchev–Trinajstić information content (AvgIpc) is 2.78. The van der Waals surface area contributed by atoms with Crippen LogP contribution in [0, 0.1) is 0 Å². The van der Waals surface area contributed by atoms with E-state index in [0.29, 0.717) is 79.2 Å². The molecule has 0 aromatic carbocycles. The van der Waals surface area contributed by atoms with Crippen molar-refractivity contribution in [2.24, 2.45) is 5.73 Å². The molecule has 0 saturated heterocycles. The van der Waals surface area contributed by atoms with Crippen LogP contribution in [-0.2, 0) is 28.4 Å². The number of ether oxygens (including phenoxy) is 6. The highest BCUT2D eigenvalue weighted by molar-refractivity contribution is 4.47. The summed E-state index contributed by atoms with van der Waals surface area (Å²) in [6, 6.07) is 0. The molecule has 0 fully saturated rings. The third-order valence-electron chi connectivity index (χ3n) is 4.76. The molecular weight excluding hydrogens is 398 g/mol. The van der Waals surface area contributed by atoms with Gasteiger partial charge in [0.2, 0.25) is 0 Å². The highest BCUT2D eigenvalue weighted by atomic mass is 16.6.